The average molecular weight is 239 g/mol. The van der Waals surface area contributed by atoms with E-state index < -0.39 is 29.5 Å². The van der Waals surface area contributed by atoms with Gasteiger partial charge in [0.05, 0.1) is 10.6 Å². The maximum Gasteiger partial charge on any atom is 0.416 e. The fraction of sp³-hybridized carbons (Fsp3) is 0.222. The Balaban J connectivity index is 3.39. The summed E-state index contributed by atoms with van der Waals surface area (Å²) in [6.45, 7) is 0. The Hall–Kier alpha value is -1.23. The molecule has 0 aliphatic rings. The smallest absolute Gasteiger partial charge is 0.416 e. The normalized spacial score (nSPS) is 11.5. The second-order valence-electron chi connectivity index (χ2n) is 2.79. The molecule has 0 atom stereocenters. The standard InChI is InChI=1S/C9H6ClF3O2/c10-7-2-1-6(9(11,12)13)5(3-4-14)8(7)15/h1-2,4,15H,3H2. The van der Waals surface area contributed by atoms with E-state index >= 15 is 0 Å². The molecule has 15 heavy (non-hydrogen) atoms. The predicted molar refractivity (Wildman–Crippen MR) is 47.9 cm³/mol. The van der Waals surface area contributed by atoms with E-state index in [1.165, 1.54) is 0 Å². The number of hydrogen-bond acceptors (Lipinski definition) is 2. The van der Waals surface area contributed by atoms with Crippen molar-refractivity contribution in [3.63, 3.8) is 0 Å². The highest BCUT2D eigenvalue weighted by Gasteiger charge is 2.34. The molecule has 0 heterocycles. The summed E-state index contributed by atoms with van der Waals surface area (Å²) < 4.78 is 37.2. The molecule has 0 fully saturated rings. The van der Waals surface area contributed by atoms with Crippen LogP contribution in [0.5, 0.6) is 5.75 Å². The van der Waals surface area contributed by atoms with E-state index in [4.69, 9.17) is 11.6 Å². The van der Waals surface area contributed by atoms with Gasteiger partial charge in [-0.15, -0.1) is 0 Å². The molecule has 0 aromatic heterocycles. The summed E-state index contributed by atoms with van der Waals surface area (Å²) in [6.07, 6.45) is -4.86. The number of rotatable bonds is 2. The molecule has 2 nitrogen and oxygen atoms in total. The molecule has 1 rings (SSSR count). The zero-order valence-electron chi connectivity index (χ0n) is 7.31. The molecular weight excluding hydrogens is 233 g/mol. The highest BCUT2D eigenvalue weighted by molar-refractivity contribution is 6.32. The van der Waals surface area contributed by atoms with Gasteiger partial charge in [-0.2, -0.15) is 13.2 Å². The van der Waals surface area contributed by atoms with Gasteiger partial charge in [-0.05, 0) is 12.1 Å². The fourth-order valence-electron chi connectivity index (χ4n) is 1.16. The molecule has 1 N–H and O–H groups in total. The molecule has 0 aliphatic heterocycles. The van der Waals surface area contributed by atoms with Crippen LogP contribution in [-0.2, 0) is 17.4 Å². The van der Waals surface area contributed by atoms with E-state index in [1.54, 1.807) is 0 Å². The number of phenolic OH excluding ortho intramolecular Hbond substituents is 1. The van der Waals surface area contributed by atoms with Gasteiger partial charge < -0.3 is 9.90 Å². The lowest BCUT2D eigenvalue weighted by molar-refractivity contribution is -0.138. The Morgan fingerprint density at radius 3 is 2.47 bits per heavy atom. The maximum absolute atomic E-state index is 12.4. The number of hydrogen-bond donors (Lipinski definition) is 1. The molecule has 1 aromatic rings. The van der Waals surface area contributed by atoms with Crippen LogP contribution in [0, 0.1) is 0 Å². The van der Waals surface area contributed by atoms with Crippen LogP contribution < -0.4 is 0 Å². The van der Waals surface area contributed by atoms with Gasteiger partial charge >= 0.3 is 6.18 Å². The van der Waals surface area contributed by atoms with E-state index in [-0.39, 0.29) is 11.3 Å². The molecule has 0 unspecified atom stereocenters. The van der Waals surface area contributed by atoms with Gasteiger partial charge in [0.1, 0.15) is 12.0 Å². The van der Waals surface area contributed by atoms with Crippen molar-refractivity contribution in [1.29, 1.82) is 0 Å². The molecule has 0 bridgehead atoms. The number of aldehydes is 1. The minimum Gasteiger partial charge on any atom is -0.506 e. The van der Waals surface area contributed by atoms with Crippen molar-refractivity contribution in [2.24, 2.45) is 0 Å². The minimum absolute atomic E-state index is 0.208. The van der Waals surface area contributed by atoms with Gasteiger partial charge in [0.2, 0.25) is 0 Å². The Morgan fingerprint density at radius 1 is 1.40 bits per heavy atom. The third-order valence-corrected chi connectivity index (χ3v) is 2.13. The lowest BCUT2D eigenvalue weighted by Gasteiger charge is -2.13. The molecule has 0 saturated carbocycles. The molecule has 0 spiro atoms. The van der Waals surface area contributed by atoms with Gasteiger partial charge in [-0.3, -0.25) is 0 Å². The molecule has 6 heteroatoms. The topological polar surface area (TPSA) is 37.3 Å². The number of aromatic hydroxyl groups is 1. The second-order valence-corrected chi connectivity index (χ2v) is 3.20. The van der Waals surface area contributed by atoms with Crippen molar-refractivity contribution in [3.05, 3.63) is 28.3 Å². The highest BCUT2D eigenvalue weighted by Crippen LogP contribution is 2.38. The number of alkyl halides is 3. The Bertz CT molecular complexity index is 388. The van der Waals surface area contributed by atoms with Gasteiger partial charge in [0, 0.05) is 12.0 Å². The highest BCUT2D eigenvalue weighted by atomic mass is 35.5. The van der Waals surface area contributed by atoms with Crippen molar-refractivity contribution in [2.75, 3.05) is 0 Å². The van der Waals surface area contributed by atoms with E-state index in [0.29, 0.717) is 0 Å². The minimum atomic E-state index is -4.61. The molecule has 1 aromatic carbocycles. The third kappa shape index (κ3) is 2.41. The zero-order valence-corrected chi connectivity index (χ0v) is 8.06. The number of carbonyl (C=O) groups is 1. The van der Waals surface area contributed by atoms with Crippen molar-refractivity contribution in [1.82, 2.24) is 0 Å². The van der Waals surface area contributed by atoms with Gasteiger partial charge in [0.25, 0.3) is 0 Å². The molecule has 0 aliphatic carbocycles. The molecule has 0 amide bonds. The first-order chi connectivity index (χ1) is 6.88. The molecule has 0 radical (unpaired) electrons. The summed E-state index contributed by atoms with van der Waals surface area (Å²) in [5, 5.41) is 9.07. The van der Waals surface area contributed by atoms with Crippen LogP contribution in [0.2, 0.25) is 5.02 Å². The maximum atomic E-state index is 12.4. The monoisotopic (exact) mass is 238 g/mol. The number of phenols is 1. The van der Waals surface area contributed by atoms with Crippen LogP contribution in [0.3, 0.4) is 0 Å². The Kier molecular flexibility index (Phi) is 3.24. The van der Waals surface area contributed by atoms with E-state index in [1.807, 2.05) is 0 Å². The predicted octanol–water partition coefficient (Wildman–Crippen LogP) is 2.81. The Morgan fingerprint density at radius 2 is 2.00 bits per heavy atom. The SMILES string of the molecule is O=CCc1c(C(F)(F)F)ccc(Cl)c1O. The zero-order chi connectivity index (χ0) is 11.6. The summed E-state index contributed by atoms with van der Waals surface area (Å²) >= 11 is 5.44. The second kappa shape index (κ2) is 4.10. The lowest BCUT2D eigenvalue weighted by Crippen LogP contribution is -2.09. The summed E-state index contributed by atoms with van der Waals surface area (Å²) in [7, 11) is 0. The van der Waals surface area contributed by atoms with Crippen LogP contribution in [-0.4, -0.2) is 11.4 Å². The number of carbonyl (C=O) groups excluding carboxylic acids is 1. The van der Waals surface area contributed by atoms with Crippen LogP contribution in [0.25, 0.3) is 0 Å². The summed E-state index contributed by atoms with van der Waals surface area (Å²) in [5.74, 6) is -0.696. The largest absolute Gasteiger partial charge is 0.506 e. The van der Waals surface area contributed by atoms with E-state index in [0.717, 1.165) is 12.1 Å². The summed E-state index contributed by atoms with van der Waals surface area (Å²) in [6, 6.07) is 1.68. The Labute approximate surface area is 88.3 Å². The van der Waals surface area contributed by atoms with Crippen LogP contribution >= 0.6 is 11.6 Å². The average Bonchev–Trinajstić information content (AvgIpc) is 2.11. The van der Waals surface area contributed by atoms with Crippen LogP contribution in [0.15, 0.2) is 12.1 Å². The first kappa shape index (κ1) is 11.8. The van der Waals surface area contributed by atoms with E-state index in [9.17, 15) is 23.1 Å². The lowest BCUT2D eigenvalue weighted by atomic mass is 10.0. The first-order valence-corrected chi connectivity index (χ1v) is 4.27. The van der Waals surface area contributed by atoms with Crippen molar-refractivity contribution < 1.29 is 23.1 Å². The third-order valence-electron chi connectivity index (χ3n) is 1.83. The van der Waals surface area contributed by atoms with Crippen molar-refractivity contribution in [3.8, 4) is 5.75 Å². The summed E-state index contributed by atoms with van der Waals surface area (Å²) in [4.78, 5) is 10.2. The molecular formula is C9H6ClF3O2. The van der Waals surface area contributed by atoms with Crippen LogP contribution in [0.1, 0.15) is 11.1 Å². The van der Waals surface area contributed by atoms with Gasteiger partial charge in [-0.1, -0.05) is 11.6 Å². The van der Waals surface area contributed by atoms with Crippen molar-refractivity contribution in [2.45, 2.75) is 12.6 Å². The number of halogens is 4. The fourth-order valence-corrected chi connectivity index (χ4v) is 1.34. The van der Waals surface area contributed by atoms with E-state index in [2.05, 4.69) is 0 Å². The molecule has 0 saturated heterocycles. The van der Waals surface area contributed by atoms with Crippen LogP contribution in [0.4, 0.5) is 13.2 Å². The summed E-state index contributed by atoms with van der Waals surface area (Å²) in [5.41, 5.74) is -1.54. The molecule has 82 valence electrons. The van der Waals surface area contributed by atoms with Gasteiger partial charge in [0.15, 0.2) is 0 Å². The van der Waals surface area contributed by atoms with Crippen molar-refractivity contribution >= 4 is 17.9 Å². The van der Waals surface area contributed by atoms with Gasteiger partial charge in [-0.25, -0.2) is 0 Å². The quantitative estimate of drug-likeness (QED) is 0.805. The number of benzene rings is 1. The first-order valence-electron chi connectivity index (χ1n) is 3.89.